The minimum atomic E-state index is -0.647. The largest absolute Gasteiger partial charge is 0.466 e. The lowest BCUT2D eigenvalue weighted by molar-refractivity contribution is -0.135. The third-order valence-electron chi connectivity index (χ3n) is 1.23. The monoisotopic (exact) mass is 200 g/mol. The summed E-state index contributed by atoms with van der Waals surface area (Å²) in [5.74, 6) is -1.13. The number of hydrogen-bond donors (Lipinski definition) is 2. The highest BCUT2D eigenvalue weighted by molar-refractivity contribution is 5.98. The minimum absolute atomic E-state index is 0.160. The summed E-state index contributed by atoms with van der Waals surface area (Å²) in [7, 11) is 1.22. The van der Waals surface area contributed by atoms with Gasteiger partial charge in [0.05, 0.1) is 13.2 Å². The second kappa shape index (κ2) is 4.64. The summed E-state index contributed by atoms with van der Waals surface area (Å²) in [4.78, 5) is 22.0. The lowest BCUT2D eigenvalue weighted by Crippen LogP contribution is -2.42. The zero-order valence-corrected chi connectivity index (χ0v) is 8.88. The van der Waals surface area contributed by atoms with E-state index in [-0.39, 0.29) is 11.2 Å². The summed E-state index contributed by atoms with van der Waals surface area (Å²) in [5.41, 5.74) is 4.81. The maximum absolute atomic E-state index is 11.3. The predicted octanol–water partition coefficient (Wildman–Crippen LogP) is -0.0833. The van der Waals surface area contributed by atoms with Crippen molar-refractivity contribution in [2.24, 2.45) is 5.73 Å². The fraction of sp³-hybridized carbons (Fsp3) is 0.556. The van der Waals surface area contributed by atoms with E-state index < -0.39 is 11.9 Å². The first-order valence-electron chi connectivity index (χ1n) is 4.14. The number of rotatable bonds is 2. The molecule has 0 fully saturated rings. The van der Waals surface area contributed by atoms with Gasteiger partial charge in [-0.15, -0.1) is 0 Å². The normalized spacial score (nSPS) is 12.1. The average Bonchev–Trinajstić information content (AvgIpc) is 2.00. The average molecular weight is 200 g/mol. The molecule has 0 aliphatic carbocycles. The molecule has 80 valence electrons. The molecular formula is C9H16N2O3. The Morgan fingerprint density at radius 2 is 1.86 bits per heavy atom. The van der Waals surface area contributed by atoms with E-state index in [0.29, 0.717) is 0 Å². The fourth-order valence-electron chi connectivity index (χ4n) is 0.664. The molecule has 0 radical (unpaired) electrons. The van der Waals surface area contributed by atoms with E-state index in [1.807, 2.05) is 20.8 Å². The molecule has 0 aliphatic heterocycles. The van der Waals surface area contributed by atoms with Gasteiger partial charge < -0.3 is 15.8 Å². The molecule has 0 aliphatic rings. The summed E-state index contributed by atoms with van der Waals surface area (Å²) in [5, 5.41) is 2.61. The number of carbonyl (C=O) groups excluding carboxylic acids is 2. The SMILES string of the molecule is COC(=O)/C=C(\N)C(=O)NC(C)(C)C. The van der Waals surface area contributed by atoms with Gasteiger partial charge in [-0.25, -0.2) is 4.79 Å². The van der Waals surface area contributed by atoms with Gasteiger partial charge >= 0.3 is 5.97 Å². The van der Waals surface area contributed by atoms with E-state index in [1.165, 1.54) is 7.11 Å². The minimum Gasteiger partial charge on any atom is -0.466 e. The zero-order valence-electron chi connectivity index (χ0n) is 8.88. The van der Waals surface area contributed by atoms with Crippen molar-refractivity contribution in [1.82, 2.24) is 5.32 Å². The Morgan fingerprint density at radius 1 is 1.36 bits per heavy atom. The molecule has 3 N–H and O–H groups in total. The second-order valence-corrected chi connectivity index (χ2v) is 3.83. The number of hydrogen-bond acceptors (Lipinski definition) is 4. The van der Waals surface area contributed by atoms with Gasteiger partial charge in [0.25, 0.3) is 5.91 Å². The predicted molar refractivity (Wildman–Crippen MR) is 52.2 cm³/mol. The van der Waals surface area contributed by atoms with Crippen LogP contribution in [-0.4, -0.2) is 24.5 Å². The molecule has 0 saturated carbocycles. The number of ether oxygens (including phenoxy) is 1. The smallest absolute Gasteiger partial charge is 0.332 e. The van der Waals surface area contributed by atoms with Gasteiger partial charge in [0.15, 0.2) is 0 Å². The molecule has 0 spiro atoms. The summed E-state index contributed by atoms with van der Waals surface area (Å²) in [6.45, 7) is 5.45. The van der Waals surface area contributed by atoms with Crippen LogP contribution in [0, 0.1) is 0 Å². The van der Waals surface area contributed by atoms with Crippen molar-refractivity contribution in [3.05, 3.63) is 11.8 Å². The van der Waals surface area contributed by atoms with E-state index in [9.17, 15) is 9.59 Å². The summed E-state index contributed by atoms with van der Waals surface area (Å²) in [6.07, 6.45) is 0.946. The molecule has 5 heteroatoms. The van der Waals surface area contributed by atoms with Gasteiger partial charge in [0.1, 0.15) is 5.70 Å². The van der Waals surface area contributed by atoms with Crippen molar-refractivity contribution in [3.63, 3.8) is 0 Å². The zero-order chi connectivity index (χ0) is 11.4. The number of methoxy groups -OCH3 is 1. The number of nitrogens with one attached hydrogen (secondary N) is 1. The molecule has 0 saturated heterocycles. The van der Waals surface area contributed by atoms with Crippen LogP contribution in [0.5, 0.6) is 0 Å². The van der Waals surface area contributed by atoms with Crippen LogP contribution in [0.15, 0.2) is 11.8 Å². The van der Waals surface area contributed by atoms with E-state index >= 15 is 0 Å². The lowest BCUT2D eigenvalue weighted by Gasteiger charge is -2.20. The van der Waals surface area contributed by atoms with Gasteiger partial charge in [-0.2, -0.15) is 0 Å². The Hall–Kier alpha value is -1.52. The van der Waals surface area contributed by atoms with Crippen molar-refractivity contribution < 1.29 is 14.3 Å². The molecule has 0 rings (SSSR count). The maximum Gasteiger partial charge on any atom is 0.332 e. The number of amides is 1. The van der Waals surface area contributed by atoms with E-state index in [4.69, 9.17) is 5.73 Å². The summed E-state index contributed by atoms with van der Waals surface area (Å²) in [6, 6.07) is 0. The van der Waals surface area contributed by atoms with Crippen molar-refractivity contribution in [2.75, 3.05) is 7.11 Å². The van der Waals surface area contributed by atoms with E-state index in [0.717, 1.165) is 6.08 Å². The van der Waals surface area contributed by atoms with Gasteiger partial charge in [-0.1, -0.05) is 0 Å². The lowest BCUT2D eigenvalue weighted by atomic mass is 10.1. The molecule has 0 aromatic carbocycles. The topological polar surface area (TPSA) is 81.4 Å². The summed E-state index contributed by atoms with van der Waals surface area (Å²) < 4.78 is 4.33. The molecule has 0 aromatic rings. The first-order valence-corrected chi connectivity index (χ1v) is 4.14. The highest BCUT2D eigenvalue weighted by atomic mass is 16.5. The van der Waals surface area contributed by atoms with Crippen molar-refractivity contribution in [2.45, 2.75) is 26.3 Å². The van der Waals surface area contributed by atoms with Gasteiger partial charge in [-0.3, -0.25) is 4.79 Å². The molecule has 1 amide bonds. The Kier molecular flexibility index (Phi) is 4.14. The first kappa shape index (κ1) is 12.5. The Morgan fingerprint density at radius 3 is 2.21 bits per heavy atom. The van der Waals surface area contributed by atoms with Crippen LogP contribution in [0.2, 0.25) is 0 Å². The molecule has 14 heavy (non-hydrogen) atoms. The van der Waals surface area contributed by atoms with Crippen LogP contribution in [-0.2, 0) is 14.3 Å². The van der Waals surface area contributed by atoms with Gasteiger partial charge in [-0.05, 0) is 20.8 Å². The second-order valence-electron chi connectivity index (χ2n) is 3.83. The van der Waals surface area contributed by atoms with Crippen molar-refractivity contribution >= 4 is 11.9 Å². The highest BCUT2D eigenvalue weighted by Crippen LogP contribution is 1.99. The van der Waals surface area contributed by atoms with Gasteiger partial charge in [0, 0.05) is 5.54 Å². The molecular weight excluding hydrogens is 184 g/mol. The van der Waals surface area contributed by atoms with Crippen LogP contribution >= 0.6 is 0 Å². The van der Waals surface area contributed by atoms with Gasteiger partial charge in [0.2, 0.25) is 0 Å². The van der Waals surface area contributed by atoms with Crippen LogP contribution in [0.1, 0.15) is 20.8 Å². The quantitative estimate of drug-likeness (QED) is 0.482. The van der Waals surface area contributed by atoms with Crippen LogP contribution in [0.4, 0.5) is 0 Å². The van der Waals surface area contributed by atoms with Crippen molar-refractivity contribution in [3.8, 4) is 0 Å². The van der Waals surface area contributed by atoms with Crippen molar-refractivity contribution in [1.29, 1.82) is 0 Å². The number of esters is 1. The van der Waals surface area contributed by atoms with E-state index in [2.05, 4.69) is 10.1 Å². The Balaban J connectivity index is 4.41. The molecule has 0 heterocycles. The highest BCUT2D eigenvalue weighted by Gasteiger charge is 2.16. The molecule has 5 nitrogen and oxygen atoms in total. The molecule has 0 aromatic heterocycles. The first-order chi connectivity index (χ1) is 6.26. The number of nitrogens with two attached hydrogens (primary N) is 1. The van der Waals surface area contributed by atoms with Crippen LogP contribution in [0.25, 0.3) is 0 Å². The third kappa shape index (κ3) is 5.18. The molecule has 0 unspecified atom stereocenters. The Bertz CT molecular complexity index is 264. The molecule has 0 bridgehead atoms. The van der Waals surface area contributed by atoms with E-state index in [1.54, 1.807) is 0 Å². The standard InChI is InChI=1S/C9H16N2O3/c1-9(2,3)11-8(13)6(10)5-7(12)14-4/h5H,10H2,1-4H3,(H,11,13)/b6-5-. The number of carbonyl (C=O) groups is 2. The Labute approximate surface area is 83.3 Å². The third-order valence-corrected chi connectivity index (χ3v) is 1.23. The van der Waals surface area contributed by atoms with Crippen LogP contribution < -0.4 is 11.1 Å². The molecule has 0 atom stereocenters. The van der Waals surface area contributed by atoms with Crippen LogP contribution in [0.3, 0.4) is 0 Å². The summed E-state index contributed by atoms with van der Waals surface area (Å²) >= 11 is 0. The maximum atomic E-state index is 11.3. The fourth-order valence-corrected chi connectivity index (χ4v) is 0.664.